The van der Waals surface area contributed by atoms with Crippen LogP contribution in [0.4, 0.5) is 18.0 Å². The molecular weight excluding hydrogens is 415 g/mol. The van der Waals surface area contributed by atoms with Crippen LogP contribution in [0, 0.1) is 0 Å². The number of amides is 1. The van der Waals surface area contributed by atoms with Crippen LogP contribution in [0.3, 0.4) is 0 Å². The summed E-state index contributed by atoms with van der Waals surface area (Å²) in [6, 6.07) is 0.431. The number of halogens is 3. The number of aliphatic imine (C=N–C) groups is 1. The number of nitrogens with zero attached hydrogens (tertiary/aromatic N) is 2. The predicted octanol–water partition coefficient (Wildman–Crippen LogP) is 2.62. The number of hydrogen-bond donors (Lipinski definition) is 3. The lowest BCUT2D eigenvalue weighted by atomic mass is 10.2. The van der Waals surface area contributed by atoms with Gasteiger partial charge in [-0.15, -0.1) is 0 Å². The van der Waals surface area contributed by atoms with Crippen molar-refractivity contribution >= 4 is 12.1 Å². The first-order chi connectivity index (χ1) is 14.4. The van der Waals surface area contributed by atoms with Crippen LogP contribution >= 0.6 is 0 Å². The van der Waals surface area contributed by atoms with Crippen molar-refractivity contribution in [1.82, 2.24) is 20.9 Å². The Bertz CT molecular complexity index is 606. The second-order valence-corrected chi connectivity index (χ2v) is 8.40. The number of guanidine groups is 1. The molecule has 11 heteroatoms. The molecular formula is C20H36F3N5O3. The number of hydrogen-bond acceptors (Lipinski definition) is 5. The lowest BCUT2D eigenvalue weighted by Crippen LogP contribution is -2.41. The summed E-state index contributed by atoms with van der Waals surface area (Å²) in [7, 11) is 3.28. The molecule has 0 radical (unpaired) electrons. The zero-order chi connectivity index (χ0) is 23.5. The molecule has 0 bridgehead atoms. The predicted molar refractivity (Wildman–Crippen MR) is 114 cm³/mol. The zero-order valence-electron chi connectivity index (χ0n) is 19.0. The molecule has 0 aromatic rings. The summed E-state index contributed by atoms with van der Waals surface area (Å²) in [6.45, 7) is 7.51. The number of likely N-dealkylation sites (N-methyl/N-ethyl adjacent to an activating group) is 1. The molecule has 2 atom stereocenters. The molecule has 0 saturated heterocycles. The van der Waals surface area contributed by atoms with Crippen molar-refractivity contribution in [2.75, 3.05) is 40.4 Å². The molecule has 1 aliphatic carbocycles. The molecule has 0 heterocycles. The standard InChI is InChI=1S/C20H36F3N5O3/c1-19(2,3)31-18(29)28(5)11-13-30-12-10-25-15-6-7-16(14-15)27-17(24-4)26-9-8-20(21,22)23/h8-9,15-16,25H,6-7,10-14H2,1-5H3,(H2,24,26,27)/b9-8+/t15-,16-/m0/s1. The van der Waals surface area contributed by atoms with Gasteiger partial charge >= 0.3 is 12.3 Å². The van der Waals surface area contributed by atoms with Gasteiger partial charge in [0.05, 0.1) is 13.2 Å². The van der Waals surface area contributed by atoms with Crippen LogP contribution < -0.4 is 16.0 Å². The van der Waals surface area contributed by atoms with Crippen molar-refractivity contribution in [3.05, 3.63) is 12.3 Å². The van der Waals surface area contributed by atoms with Gasteiger partial charge in [0.2, 0.25) is 0 Å². The van der Waals surface area contributed by atoms with Gasteiger partial charge in [-0.1, -0.05) is 0 Å². The van der Waals surface area contributed by atoms with Gasteiger partial charge < -0.3 is 30.3 Å². The third-order valence-corrected chi connectivity index (χ3v) is 4.43. The second kappa shape index (κ2) is 12.7. The fourth-order valence-electron chi connectivity index (χ4n) is 2.93. The normalized spacial score (nSPS) is 20.2. The lowest BCUT2D eigenvalue weighted by molar-refractivity contribution is -0.0799. The minimum absolute atomic E-state index is 0.0936. The van der Waals surface area contributed by atoms with Gasteiger partial charge in [0.25, 0.3) is 0 Å². The van der Waals surface area contributed by atoms with Gasteiger partial charge in [-0.2, -0.15) is 13.2 Å². The Morgan fingerprint density at radius 3 is 2.48 bits per heavy atom. The van der Waals surface area contributed by atoms with Crippen molar-refractivity contribution in [1.29, 1.82) is 0 Å². The number of ether oxygens (including phenoxy) is 2. The van der Waals surface area contributed by atoms with E-state index in [1.165, 1.54) is 4.90 Å². The summed E-state index contributed by atoms with van der Waals surface area (Å²) >= 11 is 0. The minimum atomic E-state index is -4.38. The second-order valence-electron chi connectivity index (χ2n) is 8.40. The van der Waals surface area contributed by atoms with Gasteiger partial charge in [-0.25, -0.2) is 9.79 Å². The largest absolute Gasteiger partial charge is 0.444 e. The molecule has 0 aromatic carbocycles. The molecule has 0 aromatic heterocycles. The molecule has 0 aliphatic heterocycles. The number of carbonyl (C=O) groups is 1. The first-order valence-corrected chi connectivity index (χ1v) is 10.4. The Hall–Kier alpha value is -2.01. The van der Waals surface area contributed by atoms with E-state index in [1.807, 2.05) is 20.8 Å². The van der Waals surface area contributed by atoms with Gasteiger partial charge in [-0.05, 0) is 40.0 Å². The highest BCUT2D eigenvalue weighted by molar-refractivity contribution is 5.80. The molecule has 8 nitrogen and oxygen atoms in total. The Labute approximate surface area is 182 Å². The Morgan fingerprint density at radius 2 is 1.87 bits per heavy atom. The third kappa shape index (κ3) is 13.1. The molecule has 0 spiro atoms. The van der Waals surface area contributed by atoms with E-state index in [4.69, 9.17) is 9.47 Å². The molecule has 31 heavy (non-hydrogen) atoms. The Balaban J connectivity index is 2.19. The molecule has 1 fully saturated rings. The highest BCUT2D eigenvalue weighted by atomic mass is 19.4. The maximum atomic E-state index is 12.2. The molecule has 1 rings (SSSR count). The smallest absolute Gasteiger partial charge is 0.411 e. The average molecular weight is 452 g/mol. The molecule has 1 amide bonds. The molecule has 180 valence electrons. The summed E-state index contributed by atoms with van der Waals surface area (Å²) in [5.74, 6) is 0.309. The first-order valence-electron chi connectivity index (χ1n) is 10.4. The summed E-state index contributed by atoms with van der Waals surface area (Å²) < 4.78 is 47.3. The van der Waals surface area contributed by atoms with E-state index >= 15 is 0 Å². The van der Waals surface area contributed by atoms with Crippen molar-refractivity contribution in [3.8, 4) is 0 Å². The minimum Gasteiger partial charge on any atom is -0.444 e. The van der Waals surface area contributed by atoms with Crippen molar-refractivity contribution in [3.63, 3.8) is 0 Å². The molecule has 1 saturated carbocycles. The van der Waals surface area contributed by atoms with E-state index in [0.29, 0.717) is 38.3 Å². The van der Waals surface area contributed by atoms with Crippen molar-refractivity contribution in [2.45, 2.75) is 63.9 Å². The van der Waals surface area contributed by atoms with E-state index in [2.05, 4.69) is 20.9 Å². The first kappa shape index (κ1) is 27.0. The van der Waals surface area contributed by atoms with Crippen LogP contribution in [0.5, 0.6) is 0 Å². The fourth-order valence-corrected chi connectivity index (χ4v) is 2.93. The van der Waals surface area contributed by atoms with Crippen LogP contribution in [-0.4, -0.2) is 81.2 Å². The summed E-state index contributed by atoms with van der Waals surface area (Å²) in [5.41, 5.74) is -0.524. The highest BCUT2D eigenvalue weighted by Gasteiger charge is 2.25. The quantitative estimate of drug-likeness (QED) is 0.284. The van der Waals surface area contributed by atoms with Gasteiger partial charge in [0.1, 0.15) is 5.60 Å². The van der Waals surface area contributed by atoms with Gasteiger partial charge in [-0.3, -0.25) is 0 Å². The van der Waals surface area contributed by atoms with Crippen LogP contribution in [0.25, 0.3) is 0 Å². The Kier molecular flexibility index (Phi) is 11.1. The Morgan fingerprint density at radius 1 is 1.19 bits per heavy atom. The van der Waals surface area contributed by atoms with Crippen LogP contribution in [0.1, 0.15) is 40.0 Å². The van der Waals surface area contributed by atoms with E-state index in [9.17, 15) is 18.0 Å². The number of rotatable bonds is 9. The van der Waals surface area contributed by atoms with Gasteiger partial charge in [0, 0.05) is 51.5 Å². The number of allylic oxidation sites excluding steroid dienone is 1. The lowest BCUT2D eigenvalue weighted by Gasteiger charge is -2.24. The third-order valence-electron chi connectivity index (χ3n) is 4.43. The van der Waals surface area contributed by atoms with E-state index < -0.39 is 11.8 Å². The van der Waals surface area contributed by atoms with Crippen LogP contribution in [-0.2, 0) is 9.47 Å². The van der Waals surface area contributed by atoms with Crippen molar-refractivity contribution in [2.24, 2.45) is 4.99 Å². The summed E-state index contributed by atoms with van der Waals surface area (Å²) in [6.07, 6.45) is -1.24. The maximum absolute atomic E-state index is 12.2. The SMILES string of the molecule is CN/C(=N\C=C\C(F)(F)F)N[C@H]1CC[C@H](NCCOCCN(C)C(=O)OC(C)(C)C)C1. The molecule has 3 N–H and O–H groups in total. The van der Waals surface area contributed by atoms with E-state index in [0.717, 1.165) is 25.5 Å². The van der Waals surface area contributed by atoms with E-state index in [-0.39, 0.29) is 18.2 Å². The molecule has 1 aliphatic rings. The average Bonchev–Trinajstić information content (AvgIpc) is 3.08. The summed E-state index contributed by atoms with van der Waals surface area (Å²) in [5, 5.41) is 9.31. The fraction of sp³-hybridized carbons (Fsp3) is 0.800. The number of carbonyl (C=O) groups excluding carboxylic acids is 1. The zero-order valence-corrected chi connectivity index (χ0v) is 19.0. The monoisotopic (exact) mass is 451 g/mol. The van der Waals surface area contributed by atoms with Crippen LogP contribution in [0.2, 0.25) is 0 Å². The topological polar surface area (TPSA) is 87.2 Å². The number of nitrogens with one attached hydrogen (secondary N) is 3. The molecule has 0 unspecified atom stereocenters. The highest BCUT2D eigenvalue weighted by Crippen LogP contribution is 2.19. The van der Waals surface area contributed by atoms with E-state index in [1.54, 1.807) is 14.1 Å². The van der Waals surface area contributed by atoms with Crippen molar-refractivity contribution < 1.29 is 27.4 Å². The summed E-state index contributed by atoms with van der Waals surface area (Å²) in [4.78, 5) is 17.1. The maximum Gasteiger partial charge on any atom is 0.411 e. The van der Waals surface area contributed by atoms with Gasteiger partial charge in [0.15, 0.2) is 5.96 Å². The number of alkyl halides is 3. The van der Waals surface area contributed by atoms with Crippen LogP contribution in [0.15, 0.2) is 17.3 Å².